The summed E-state index contributed by atoms with van der Waals surface area (Å²) in [5, 5.41) is 2.46. The maximum Gasteiger partial charge on any atom is 0.573 e. The Kier molecular flexibility index (Phi) is 6.39. The van der Waals surface area contributed by atoms with E-state index in [0.717, 1.165) is 22.7 Å². The summed E-state index contributed by atoms with van der Waals surface area (Å²) < 4.78 is 69.4. The van der Waals surface area contributed by atoms with E-state index in [2.05, 4.69) is 10.1 Å². The van der Waals surface area contributed by atoms with Gasteiger partial charge >= 0.3 is 6.36 Å². The van der Waals surface area contributed by atoms with Gasteiger partial charge in [-0.2, -0.15) is 0 Å². The number of benzene rings is 2. The number of nitrogens with zero attached hydrogens (tertiary/aromatic N) is 1. The molecule has 0 heterocycles. The fraction of sp³-hybridized carbons (Fsp3) is 0.235. The second kappa shape index (κ2) is 8.38. The first-order valence-electron chi connectivity index (χ1n) is 7.76. The number of rotatable bonds is 7. The van der Waals surface area contributed by atoms with Crippen molar-refractivity contribution in [3.63, 3.8) is 0 Å². The average molecular weight is 418 g/mol. The van der Waals surface area contributed by atoms with Gasteiger partial charge < -0.3 is 14.8 Å². The number of halogens is 3. The predicted octanol–water partition coefficient (Wildman–Crippen LogP) is 3.00. The van der Waals surface area contributed by atoms with Crippen LogP contribution >= 0.6 is 0 Å². The number of alkyl halides is 3. The van der Waals surface area contributed by atoms with Crippen molar-refractivity contribution < 1.29 is 35.9 Å². The van der Waals surface area contributed by atoms with E-state index < -0.39 is 28.0 Å². The van der Waals surface area contributed by atoms with Crippen LogP contribution in [0.5, 0.6) is 11.5 Å². The third-order valence-corrected chi connectivity index (χ3v) is 4.65. The smallest absolute Gasteiger partial charge is 0.484 e. The molecule has 1 N–H and O–H groups in total. The lowest BCUT2D eigenvalue weighted by molar-refractivity contribution is -0.274. The minimum atomic E-state index is -4.79. The lowest BCUT2D eigenvalue weighted by Crippen LogP contribution is -2.24. The lowest BCUT2D eigenvalue weighted by atomic mass is 10.3. The van der Waals surface area contributed by atoms with Crippen LogP contribution in [0, 0.1) is 0 Å². The zero-order chi connectivity index (χ0) is 20.9. The Balaban J connectivity index is 1.87. The van der Waals surface area contributed by atoms with Gasteiger partial charge in [-0.05, 0) is 48.5 Å². The Labute approximate surface area is 159 Å². The third-order valence-electron chi connectivity index (χ3n) is 3.44. The fourth-order valence-electron chi connectivity index (χ4n) is 2.03. The van der Waals surface area contributed by atoms with Crippen LogP contribution < -0.4 is 19.1 Å². The summed E-state index contributed by atoms with van der Waals surface area (Å²) in [6.45, 7) is -0.345. The number of sulfonamides is 1. The van der Waals surface area contributed by atoms with Gasteiger partial charge in [-0.25, -0.2) is 8.42 Å². The predicted molar refractivity (Wildman–Crippen MR) is 96.9 cm³/mol. The highest BCUT2D eigenvalue weighted by Gasteiger charge is 2.30. The van der Waals surface area contributed by atoms with Crippen LogP contribution in [-0.2, 0) is 14.8 Å². The molecule has 0 fully saturated rings. The molecule has 0 radical (unpaired) electrons. The van der Waals surface area contributed by atoms with E-state index in [1.54, 1.807) is 0 Å². The number of anilines is 2. The summed E-state index contributed by atoms with van der Waals surface area (Å²) in [5.41, 5.74) is 0.703. The molecular formula is C17H17F3N2O5S. The van der Waals surface area contributed by atoms with Crippen molar-refractivity contribution in [3.05, 3.63) is 48.5 Å². The Morgan fingerprint density at radius 3 is 2.07 bits per heavy atom. The highest BCUT2D eigenvalue weighted by Crippen LogP contribution is 2.24. The van der Waals surface area contributed by atoms with Crippen molar-refractivity contribution >= 4 is 27.3 Å². The Morgan fingerprint density at radius 1 is 1.04 bits per heavy atom. The summed E-state index contributed by atoms with van der Waals surface area (Å²) in [5.74, 6) is -0.586. The molecule has 0 aliphatic rings. The van der Waals surface area contributed by atoms with E-state index in [-0.39, 0.29) is 12.3 Å². The van der Waals surface area contributed by atoms with E-state index in [0.29, 0.717) is 11.4 Å². The van der Waals surface area contributed by atoms with E-state index in [4.69, 9.17) is 4.74 Å². The Hall–Kier alpha value is -2.95. The van der Waals surface area contributed by atoms with Crippen molar-refractivity contribution in [3.8, 4) is 11.5 Å². The second-order valence-corrected chi connectivity index (χ2v) is 7.65. The number of carbonyl (C=O) groups is 1. The molecule has 7 nitrogen and oxygen atoms in total. The molecule has 2 rings (SSSR count). The normalized spacial score (nSPS) is 11.6. The number of hydrogen-bond donors (Lipinski definition) is 1. The third kappa shape index (κ3) is 6.65. The molecule has 0 aliphatic heterocycles. The van der Waals surface area contributed by atoms with Gasteiger partial charge in [0.25, 0.3) is 5.91 Å². The summed E-state index contributed by atoms with van der Waals surface area (Å²) in [6.07, 6.45) is -3.71. The van der Waals surface area contributed by atoms with Crippen molar-refractivity contribution in [1.29, 1.82) is 0 Å². The molecule has 0 aliphatic carbocycles. The number of amides is 1. The summed E-state index contributed by atoms with van der Waals surface area (Å²) >= 11 is 0. The molecule has 28 heavy (non-hydrogen) atoms. The summed E-state index contributed by atoms with van der Waals surface area (Å²) in [4.78, 5) is 11.9. The summed E-state index contributed by atoms with van der Waals surface area (Å²) in [7, 11) is -1.98. The second-order valence-electron chi connectivity index (χ2n) is 5.63. The minimum Gasteiger partial charge on any atom is -0.484 e. The number of hydrogen-bond acceptors (Lipinski definition) is 5. The molecule has 2 aromatic rings. The monoisotopic (exact) mass is 418 g/mol. The molecule has 2 aromatic carbocycles. The van der Waals surface area contributed by atoms with E-state index in [1.807, 2.05) is 0 Å². The van der Waals surface area contributed by atoms with Gasteiger partial charge in [-0.1, -0.05) is 0 Å². The van der Waals surface area contributed by atoms with E-state index >= 15 is 0 Å². The van der Waals surface area contributed by atoms with E-state index in [1.165, 1.54) is 43.4 Å². The van der Waals surface area contributed by atoms with Crippen LogP contribution in [0.1, 0.15) is 0 Å². The number of nitrogens with one attached hydrogen (secondary N) is 1. The molecule has 0 saturated heterocycles. The quantitative estimate of drug-likeness (QED) is 0.747. The first kappa shape index (κ1) is 21.4. The van der Waals surface area contributed by atoms with E-state index in [9.17, 15) is 26.4 Å². The van der Waals surface area contributed by atoms with Crippen LogP contribution in [0.4, 0.5) is 24.5 Å². The van der Waals surface area contributed by atoms with Crippen molar-refractivity contribution in [1.82, 2.24) is 0 Å². The zero-order valence-electron chi connectivity index (χ0n) is 14.9. The van der Waals surface area contributed by atoms with Gasteiger partial charge in [-0.3, -0.25) is 9.10 Å². The topological polar surface area (TPSA) is 84.9 Å². The lowest BCUT2D eigenvalue weighted by Gasteiger charge is -2.16. The zero-order valence-corrected chi connectivity index (χ0v) is 15.7. The maximum absolute atomic E-state index is 12.1. The van der Waals surface area contributed by atoms with Crippen LogP contribution in [0.2, 0.25) is 0 Å². The van der Waals surface area contributed by atoms with Crippen molar-refractivity contribution in [2.45, 2.75) is 6.36 Å². The highest BCUT2D eigenvalue weighted by atomic mass is 32.2. The first-order chi connectivity index (χ1) is 12.9. The largest absolute Gasteiger partial charge is 0.573 e. The van der Waals surface area contributed by atoms with Gasteiger partial charge in [0.2, 0.25) is 10.0 Å². The van der Waals surface area contributed by atoms with Gasteiger partial charge in [0.05, 0.1) is 11.9 Å². The Bertz CT molecular complexity index is 913. The number of ether oxygens (including phenoxy) is 2. The molecule has 0 saturated carbocycles. The van der Waals surface area contributed by atoms with Crippen molar-refractivity contribution in [2.24, 2.45) is 0 Å². The molecule has 11 heteroatoms. The molecule has 0 bridgehead atoms. The highest BCUT2D eigenvalue weighted by molar-refractivity contribution is 7.92. The van der Waals surface area contributed by atoms with Crippen LogP contribution in [0.3, 0.4) is 0 Å². The molecule has 0 spiro atoms. The van der Waals surface area contributed by atoms with Crippen LogP contribution in [0.15, 0.2) is 48.5 Å². The van der Waals surface area contributed by atoms with Gasteiger partial charge in [0, 0.05) is 12.7 Å². The first-order valence-corrected chi connectivity index (χ1v) is 9.61. The minimum absolute atomic E-state index is 0.272. The van der Waals surface area contributed by atoms with Crippen molar-refractivity contribution in [2.75, 3.05) is 29.5 Å². The van der Waals surface area contributed by atoms with Crippen LogP contribution in [-0.4, -0.2) is 40.6 Å². The van der Waals surface area contributed by atoms with Gasteiger partial charge in [-0.15, -0.1) is 13.2 Å². The van der Waals surface area contributed by atoms with Crippen LogP contribution in [0.25, 0.3) is 0 Å². The average Bonchev–Trinajstić information content (AvgIpc) is 2.59. The molecular weight excluding hydrogens is 401 g/mol. The maximum atomic E-state index is 12.1. The molecule has 0 atom stereocenters. The van der Waals surface area contributed by atoms with Gasteiger partial charge in [0.1, 0.15) is 11.5 Å². The Morgan fingerprint density at radius 2 is 1.57 bits per heavy atom. The molecule has 0 aromatic heterocycles. The summed E-state index contributed by atoms with van der Waals surface area (Å²) in [6, 6.07) is 10.7. The SMILES string of the molecule is CN(c1ccc(OCC(=O)Nc2ccc(OC(F)(F)F)cc2)cc1)S(C)(=O)=O. The van der Waals surface area contributed by atoms with Gasteiger partial charge in [0.15, 0.2) is 6.61 Å². The molecule has 0 unspecified atom stereocenters. The standard InChI is InChI=1S/C17H17F3N2O5S/c1-22(28(2,24)25)13-5-9-14(10-6-13)26-11-16(23)21-12-3-7-15(8-4-12)27-17(18,19)20/h3-10H,11H2,1-2H3,(H,21,23). The fourth-order valence-corrected chi connectivity index (χ4v) is 2.53. The molecule has 152 valence electrons. The molecule has 1 amide bonds. The number of carbonyl (C=O) groups excluding carboxylic acids is 1.